The van der Waals surface area contributed by atoms with Crippen molar-refractivity contribution < 1.29 is 14.3 Å². The van der Waals surface area contributed by atoms with Crippen molar-refractivity contribution in [2.24, 2.45) is 0 Å². The summed E-state index contributed by atoms with van der Waals surface area (Å²) in [6, 6.07) is 7.88. The smallest absolute Gasteiger partial charge is 0.318 e. The fourth-order valence-electron chi connectivity index (χ4n) is 1.50. The second kappa shape index (κ2) is 6.55. The van der Waals surface area contributed by atoms with Gasteiger partial charge < -0.3 is 9.47 Å². The van der Waals surface area contributed by atoms with Gasteiger partial charge in [0.15, 0.2) is 0 Å². The van der Waals surface area contributed by atoms with Gasteiger partial charge in [0.2, 0.25) is 0 Å². The van der Waals surface area contributed by atoms with Crippen LogP contribution in [0.3, 0.4) is 0 Å². The minimum Gasteiger partial charge on any atom is -0.497 e. The third-order valence-corrected chi connectivity index (χ3v) is 3.79. The fourth-order valence-corrected chi connectivity index (χ4v) is 2.62. The van der Waals surface area contributed by atoms with Crippen molar-refractivity contribution in [2.75, 3.05) is 14.2 Å². The molecule has 4 heteroatoms. The number of rotatable bonds is 5. The Morgan fingerprint density at radius 2 is 2.00 bits per heavy atom. The third-order valence-electron chi connectivity index (χ3n) is 2.50. The maximum Gasteiger partial charge on any atom is 0.318 e. The van der Waals surface area contributed by atoms with Crippen LogP contribution in [0.4, 0.5) is 0 Å². The molecule has 1 aromatic rings. The summed E-state index contributed by atoms with van der Waals surface area (Å²) in [6.07, 6.45) is 0. The Labute approximate surface area is 106 Å². The van der Waals surface area contributed by atoms with Crippen LogP contribution in [-0.2, 0) is 9.53 Å². The number of carbonyl (C=O) groups excluding carboxylic acids is 1. The molecule has 0 bridgehead atoms. The molecule has 2 unspecified atom stereocenters. The van der Waals surface area contributed by atoms with Gasteiger partial charge in [-0.05, 0) is 31.5 Å². The molecule has 0 spiro atoms. The van der Waals surface area contributed by atoms with Crippen LogP contribution in [0.5, 0.6) is 5.75 Å². The lowest BCUT2D eigenvalue weighted by Crippen LogP contribution is -2.15. The molecule has 2 atom stereocenters. The molecule has 0 aliphatic carbocycles. The van der Waals surface area contributed by atoms with Gasteiger partial charge in [-0.3, -0.25) is 4.79 Å². The van der Waals surface area contributed by atoms with Crippen LogP contribution in [-0.4, -0.2) is 25.4 Å². The number of ether oxygens (including phenoxy) is 2. The van der Waals surface area contributed by atoms with Crippen molar-refractivity contribution in [1.29, 1.82) is 0 Å². The van der Waals surface area contributed by atoms with Crippen molar-refractivity contribution in [2.45, 2.75) is 24.3 Å². The molecule has 0 heterocycles. The molecule has 1 aromatic carbocycles. The number of thioether (sulfide) groups is 1. The van der Waals surface area contributed by atoms with E-state index in [1.807, 2.05) is 31.2 Å². The lowest BCUT2D eigenvalue weighted by Gasteiger charge is -2.16. The Balaban J connectivity index is 2.68. The van der Waals surface area contributed by atoms with E-state index in [0.29, 0.717) is 0 Å². The zero-order valence-electron chi connectivity index (χ0n) is 10.6. The van der Waals surface area contributed by atoms with E-state index in [1.54, 1.807) is 18.9 Å². The zero-order valence-corrected chi connectivity index (χ0v) is 11.4. The largest absolute Gasteiger partial charge is 0.497 e. The van der Waals surface area contributed by atoms with Crippen LogP contribution >= 0.6 is 11.8 Å². The normalized spacial score (nSPS) is 13.9. The van der Waals surface area contributed by atoms with Crippen LogP contribution in [0, 0.1) is 0 Å². The second-order valence-corrected chi connectivity index (χ2v) is 5.41. The van der Waals surface area contributed by atoms with Gasteiger partial charge in [0, 0.05) is 5.25 Å². The molecule has 1 rings (SSSR count). The minimum absolute atomic E-state index is 0.166. The van der Waals surface area contributed by atoms with E-state index >= 15 is 0 Å². The molecule has 0 aliphatic heterocycles. The highest BCUT2D eigenvalue weighted by Gasteiger charge is 2.18. The first kappa shape index (κ1) is 13.9. The van der Waals surface area contributed by atoms with E-state index in [9.17, 15) is 4.79 Å². The molecule has 94 valence electrons. The van der Waals surface area contributed by atoms with Crippen LogP contribution in [0.15, 0.2) is 24.3 Å². The molecule has 0 saturated heterocycles. The van der Waals surface area contributed by atoms with E-state index in [2.05, 4.69) is 6.92 Å². The Morgan fingerprint density at radius 3 is 2.59 bits per heavy atom. The van der Waals surface area contributed by atoms with Gasteiger partial charge in [0.05, 0.1) is 14.2 Å². The Morgan fingerprint density at radius 1 is 1.29 bits per heavy atom. The van der Waals surface area contributed by atoms with Crippen LogP contribution in [0.2, 0.25) is 0 Å². The van der Waals surface area contributed by atoms with Gasteiger partial charge >= 0.3 is 5.97 Å². The number of benzene rings is 1. The molecule has 17 heavy (non-hydrogen) atoms. The summed E-state index contributed by atoms with van der Waals surface area (Å²) in [4.78, 5) is 11.3. The number of hydrogen-bond acceptors (Lipinski definition) is 4. The molecular formula is C13H18O3S. The number of methoxy groups -OCH3 is 2. The molecule has 0 aliphatic rings. The standard InChI is InChI=1S/C13H18O3S/c1-9(17-10(2)13(14)16-4)11-6-5-7-12(8-11)15-3/h5-10H,1-4H3. The van der Waals surface area contributed by atoms with E-state index in [4.69, 9.17) is 9.47 Å². The predicted octanol–water partition coefficient (Wildman–Crippen LogP) is 3.05. The summed E-state index contributed by atoms with van der Waals surface area (Å²) >= 11 is 1.57. The molecule has 0 aromatic heterocycles. The molecular weight excluding hydrogens is 236 g/mol. The van der Waals surface area contributed by atoms with Crippen molar-refractivity contribution >= 4 is 17.7 Å². The van der Waals surface area contributed by atoms with Gasteiger partial charge in [-0.2, -0.15) is 0 Å². The number of esters is 1. The average Bonchev–Trinajstić information content (AvgIpc) is 2.37. The zero-order chi connectivity index (χ0) is 12.8. The highest BCUT2D eigenvalue weighted by Crippen LogP contribution is 2.33. The average molecular weight is 254 g/mol. The first-order valence-corrected chi connectivity index (χ1v) is 6.40. The first-order chi connectivity index (χ1) is 8.08. The topological polar surface area (TPSA) is 35.5 Å². The summed E-state index contributed by atoms with van der Waals surface area (Å²) in [5.74, 6) is 0.644. The maximum absolute atomic E-state index is 11.3. The highest BCUT2D eigenvalue weighted by molar-refractivity contribution is 8.00. The van der Waals surface area contributed by atoms with E-state index < -0.39 is 0 Å². The fraction of sp³-hybridized carbons (Fsp3) is 0.462. The van der Waals surface area contributed by atoms with E-state index in [0.717, 1.165) is 11.3 Å². The van der Waals surface area contributed by atoms with Gasteiger partial charge in [-0.15, -0.1) is 11.8 Å². The Bertz CT molecular complexity index is 379. The molecule has 0 fully saturated rings. The monoisotopic (exact) mass is 254 g/mol. The van der Waals surface area contributed by atoms with Crippen LogP contribution in [0.1, 0.15) is 24.7 Å². The molecule has 0 saturated carbocycles. The summed E-state index contributed by atoms with van der Waals surface area (Å²) in [5.41, 5.74) is 1.14. The van der Waals surface area contributed by atoms with Crippen LogP contribution < -0.4 is 4.74 Å². The predicted molar refractivity (Wildman–Crippen MR) is 70.5 cm³/mol. The Hall–Kier alpha value is -1.16. The van der Waals surface area contributed by atoms with Crippen molar-refractivity contribution in [3.8, 4) is 5.75 Å². The van der Waals surface area contributed by atoms with Crippen molar-refractivity contribution in [3.05, 3.63) is 29.8 Å². The number of hydrogen-bond donors (Lipinski definition) is 0. The second-order valence-electron chi connectivity index (χ2n) is 3.72. The molecule has 3 nitrogen and oxygen atoms in total. The van der Waals surface area contributed by atoms with Gasteiger partial charge in [-0.1, -0.05) is 12.1 Å². The van der Waals surface area contributed by atoms with Crippen LogP contribution in [0.25, 0.3) is 0 Å². The van der Waals surface area contributed by atoms with Gasteiger partial charge in [-0.25, -0.2) is 0 Å². The first-order valence-electron chi connectivity index (χ1n) is 5.45. The maximum atomic E-state index is 11.3. The van der Waals surface area contributed by atoms with Crippen molar-refractivity contribution in [1.82, 2.24) is 0 Å². The van der Waals surface area contributed by atoms with Crippen molar-refractivity contribution in [3.63, 3.8) is 0 Å². The minimum atomic E-state index is -0.190. The lowest BCUT2D eigenvalue weighted by atomic mass is 10.1. The summed E-state index contributed by atoms with van der Waals surface area (Å²) < 4.78 is 9.89. The summed E-state index contributed by atoms with van der Waals surface area (Å²) in [7, 11) is 3.06. The van der Waals surface area contributed by atoms with E-state index in [-0.39, 0.29) is 16.5 Å². The van der Waals surface area contributed by atoms with Gasteiger partial charge in [0.1, 0.15) is 11.0 Å². The number of carbonyl (C=O) groups is 1. The Kier molecular flexibility index (Phi) is 5.35. The third kappa shape index (κ3) is 3.97. The molecule has 0 amide bonds. The quantitative estimate of drug-likeness (QED) is 0.757. The molecule has 0 N–H and O–H groups in total. The lowest BCUT2D eigenvalue weighted by molar-refractivity contribution is -0.139. The summed E-state index contributed by atoms with van der Waals surface area (Å²) in [5, 5.41) is 0.0559. The SMILES string of the molecule is COC(=O)C(C)SC(C)c1cccc(OC)c1. The molecule has 0 radical (unpaired) electrons. The summed E-state index contributed by atoms with van der Waals surface area (Å²) in [6.45, 7) is 3.92. The van der Waals surface area contributed by atoms with E-state index in [1.165, 1.54) is 7.11 Å². The van der Waals surface area contributed by atoms with Gasteiger partial charge in [0.25, 0.3) is 0 Å². The highest BCUT2D eigenvalue weighted by atomic mass is 32.2.